The highest BCUT2D eigenvalue weighted by molar-refractivity contribution is 5.82. The van der Waals surface area contributed by atoms with Gasteiger partial charge in [0.2, 0.25) is 0 Å². The molecule has 0 aliphatic heterocycles. The lowest BCUT2D eigenvalue weighted by molar-refractivity contribution is 0.553. The van der Waals surface area contributed by atoms with E-state index in [1.54, 1.807) is 6.08 Å². The Hall–Kier alpha value is -2.46. The minimum atomic E-state index is 0.361. The molecule has 0 aliphatic carbocycles. The Morgan fingerprint density at radius 3 is 2.72 bits per heavy atom. The SMILES string of the molecule is C=C/C=C(\C=C/C)c1nc(C(CCC)CNC)[nH]c1-c1ccncc1. The van der Waals surface area contributed by atoms with Gasteiger partial charge < -0.3 is 10.3 Å². The van der Waals surface area contributed by atoms with Gasteiger partial charge in [0.05, 0.1) is 11.4 Å². The van der Waals surface area contributed by atoms with Crippen LogP contribution < -0.4 is 5.32 Å². The van der Waals surface area contributed by atoms with Crippen LogP contribution in [0.25, 0.3) is 16.8 Å². The Labute approximate surface area is 150 Å². The topological polar surface area (TPSA) is 53.6 Å². The first kappa shape index (κ1) is 18.9. The van der Waals surface area contributed by atoms with Crippen molar-refractivity contribution in [2.45, 2.75) is 32.6 Å². The monoisotopic (exact) mass is 336 g/mol. The molecule has 2 aromatic rings. The predicted octanol–water partition coefficient (Wildman–Crippen LogP) is 4.72. The molecule has 4 nitrogen and oxygen atoms in total. The van der Waals surface area contributed by atoms with Crippen molar-refractivity contribution in [1.82, 2.24) is 20.3 Å². The van der Waals surface area contributed by atoms with Gasteiger partial charge in [-0.3, -0.25) is 4.98 Å². The molecule has 0 saturated carbocycles. The summed E-state index contributed by atoms with van der Waals surface area (Å²) >= 11 is 0. The highest BCUT2D eigenvalue weighted by atomic mass is 15.0. The second kappa shape index (κ2) is 9.74. The summed E-state index contributed by atoms with van der Waals surface area (Å²) in [5.74, 6) is 1.39. The van der Waals surface area contributed by atoms with Crippen LogP contribution in [0.4, 0.5) is 0 Å². The third kappa shape index (κ3) is 4.77. The fourth-order valence-electron chi connectivity index (χ4n) is 2.97. The van der Waals surface area contributed by atoms with Crippen LogP contribution in [0, 0.1) is 0 Å². The molecule has 1 atom stereocenters. The van der Waals surface area contributed by atoms with Gasteiger partial charge in [-0.25, -0.2) is 4.98 Å². The van der Waals surface area contributed by atoms with E-state index in [4.69, 9.17) is 4.98 Å². The zero-order chi connectivity index (χ0) is 18.1. The van der Waals surface area contributed by atoms with Crippen LogP contribution in [0.2, 0.25) is 0 Å². The summed E-state index contributed by atoms with van der Waals surface area (Å²) in [7, 11) is 1.99. The number of likely N-dealkylation sites (N-methyl/N-ethyl adjacent to an activating group) is 1. The van der Waals surface area contributed by atoms with Crippen molar-refractivity contribution >= 4 is 5.57 Å². The maximum atomic E-state index is 4.98. The number of pyridine rings is 1. The van der Waals surface area contributed by atoms with Crippen molar-refractivity contribution in [2.75, 3.05) is 13.6 Å². The van der Waals surface area contributed by atoms with E-state index in [-0.39, 0.29) is 0 Å². The standard InChI is InChI=1S/C21H28N4/c1-5-8-16(9-6-2)19-20(17-11-13-23-14-12-17)25-21(24-19)18(10-7-3)15-22-4/h5-6,8-9,11-14,18,22H,1,7,10,15H2,2-4H3,(H,24,25)/b9-6-,16-8+. The molecule has 4 heteroatoms. The summed E-state index contributed by atoms with van der Waals surface area (Å²) in [5, 5.41) is 3.28. The quantitative estimate of drug-likeness (QED) is 0.651. The van der Waals surface area contributed by atoms with E-state index in [9.17, 15) is 0 Å². The molecular weight excluding hydrogens is 308 g/mol. The minimum Gasteiger partial charge on any atom is -0.341 e. The zero-order valence-electron chi connectivity index (χ0n) is 15.4. The average molecular weight is 336 g/mol. The second-order valence-corrected chi connectivity index (χ2v) is 5.98. The third-order valence-electron chi connectivity index (χ3n) is 4.08. The normalized spacial score (nSPS) is 13.3. The molecule has 0 radical (unpaired) electrons. The smallest absolute Gasteiger partial charge is 0.111 e. The van der Waals surface area contributed by atoms with Crippen molar-refractivity contribution in [3.05, 3.63) is 66.9 Å². The molecule has 0 fully saturated rings. The Bertz CT molecular complexity index is 720. The van der Waals surface area contributed by atoms with Crippen LogP contribution in [0.1, 0.15) is 44.1 Å². The molecule has 2 heterocycles. The minimum absolute atomic E-state index is 0.361. The summed E-state index contributed by atoms with van der Waals surface area (Å²) in [4.78, 5) is 12.7. The van der Waals surface area contributed by atoms with E-state index < -0.39 is 0 Å². The second-order valence-electron chi connectivity index (χ2n) is 5.98. The largest absolute Gasteiger partial charge is 0.341 e. The Balaban J connectivity index is 2.59. The average Bonchev–Trinajstić information content (AvgIpc) is 3.07. The summed E-state index contributed by atoms with van der Waals surface area (Å²) < 4.78 is 0. The van der Waals surface area contributed by atoms with Crippen LogP contribution in [-0.4, -0.2) is 28.5 Å². The van der Waals surface area contributed by atoms with Crippen LogP contribution in [0.5, 0.6) is 0 Å². The molecule has 0 amide bonds. The van der Waals surface area contributed by atoms with Crippen molar-refractivity contribution in [3.8, 4) is 11.3 Å². The summed E-state index contributed by atoms with van der Waals surface area (Å²) in [6, 6.07) is 4.02. The molecule has 0 bridgehead atoms. The number of hydrogen-bond donors (Lipinski definition) is 2. The lowest BCUT2D eigenvalue weighted by Crippen LogP contribution is -2.18. The third-order valence-corrected chi connectivity index (χ3v) is 4.08. The number of hydrogen-bond acceptors (Lipinski definition) is 3. The van der Waals surface area contributed by atoms with Gasteiger partial charge in [0.1, 0.15) is 5.82 Å². The molecule has 0 saturated heterocycles. The van der Waals surface area contributed by atoms with E-state index in [1.165, 1.54) is 0 Å². The number of aromatic nitrogens is 3. The fourth-order valence-corrected chi connectivity index (χ4v) is 2.97. The maximum Gasteiger partial charge on any atom is 0.111 e. The van der Waals surface area contributed by atoms with Crippen molar-refractivity contribution < 1.29 is 0 Å². The van der Waals surface area contributed by atoms with Gasteiger partial charge in [-0.05, 0) is 32.5 Å². The number of allylic oxidation sites excluding steroid dienone is 5. The van der Waals surface area contributed by atoms with E-state index in [2.05, 4.69) is 34.9 Å². The van der Waals surface area contributed by atoms with Gasteiger partial charge in [-0.15, -0.1) is 0 Å². The molecule has 2 aromatic heterocycles. The van der Waals surface area contributed by atoms with Crippen LogP contribution in [0.3, 0.4) is 0 Å². The van der Waals surface area contributed by atoms with E-state index in [0.717, 1.165) is 47.7 Å². The van der Waals surface area contributed by atoms with Crippen LogP contribution in [0.15, 0.2) is 55.4 Å². The molecule has 132 valence electrons. The lowest BCUT2D eigenvalue weighted by Gasteiger charge is -2.12. The number of aromatic amines is 1. The van der Waals surface area contributed by atoms with E-state index in [1.807, 2.05) is 50.6 Å². The first-order valence-electron chi connectivity index (χ1n) is 8.85. The number of imidazole rings is 1. The highest BCUT2D eigenvalue weighted by Gasteiger charge is 2.19. The summed E-state index contributed by atoms with van der Waals surface area (Å²) in [6.45, 7) is 8.97. The molecule has 0 aliphatic rings. The number of nitrogens with one attached hydrogen (secondary N) is 2. The highest BCUT2D eigenvalue weighted by Crippen LogP contribution is 2.30. The number of rotatable bonds is 9. The first-order valence-corrected chi connectivity index (χ1v) is 8.85. The molecule has 0 spiro atoms. The lowest BCUT2D eigenvalue weighted by atomic mass is 10.0. The van der Waals surface area contributed by atoms with Crippen LogP contribution >= 0.6 is 0 Å². The predicted molar refractivity (Wildman–Crippen MR) is 106 cm³/mol. The number of H-pyrrole nitrogens is 1. The van der Waals surface area contributed by atoms with Crippen molar-refractivity contribution in [3.63, 3.8) is 0 Å². The molecule has 2 rings (SSSR count). The zero-order valence-corrected chi connectivity index (χ0v) is 15.4. The number of nitrogens with zero attached hydrogens (tertiary/aromatic N) is 2. The molecule has 1 unspecified atom stereocenters. The van der Waals surface area contributed by atoms with Gasteiger partial charge in [0.15, 0.2) is 0 Å². The van der Waals surface area contributed by atoms with E-state index >= 15 is 0 Å². The summed E-state index contributed by atoms with van der Waals surface area (Å²) in [6.07, 6.45) is 13.7. The fraction of sp³-hybridized carbons (Fsp3) is 0.333. The maximum absolute atomic E-state index is 4.98. The van der Waals surface area contributed by atoms with Crippen LogP contribution in [-0.2, 0) is 0 Å². The van der Waals surface area contributed by atoms with Gasteiger partial charge in [-0.2, -0.15) is 0 Å². The summed E-state index contributed by atoms with van der Waals surface area (Å²) in [5.41, 5.74) is 4.12. The van der Waals surface area contributed by atoms with Gasteiger partial charge in [0, 0.05) is 36.0 Å². The Kier molecular flexibility index (Phi) is 7.36. The van der Waals surface area contributed by atoms with Gasteiger partial charge in [0.25, 0.3) is 0 Å². The Morgan fingerprint density at radius 1 is 1.36 bits per heavy atom. The Morgan fingerprint density at radius 2 is 2.12 bits per heavy atom. The molecule has 2 N–H and O–H groups in total. The van der Waals surface area contributed by atoms with Gasteiger partial charge >= 0.3 is 0 Å². The van der Waals surface area contributed by atoms with E-state index in [0.29, 0.717) is 5.92 Å². The molecule has 0 aromatic carbocycles. The molecular formula is C21H28N4. The van der Waals surface area contributed by atoms with Crippen molar-refractivity contribution in [2.24, 2.45) is 0 Å². The molecule has 25 heavy (non-hydrogen) atoms. The first-order chi connectivity index (χ1) is 12.2. The van der Waals surface area contributed by atoms with Crippen molar-refractivity contribution in [1.29, 1.82) is 0 Å². The van der Waals surface area contributed by atoms with Gasteiger partial charge in [-0.1, -0.05) is 44.2 Å².